The Morgan fingerprint density at radius 1 is 1.17 bits per heavy atom. The van der Waals surface area contributed by atoms with Crippen molar-refractivity contribution in [2.24, 2.45) is 22.7 Å². The lowest BCUT2D eigenvalue weighted by Crippen LogP contribution is -2.34. The van der Waals surface area contributed by atoms with E-state index in [1.54, 1.807) is 17.1 Å². The second-order valence-electron chi connectivity index (χ2n) is 7.84. The van der Waals surface area contributed by atoms with Gasteiger partial charge in [-0.2, -0.15) is 0 Å². The Morgan fingerprint density at radius 2 is 1.93 bits per heavy atom. The molecule has 0 radical (unpaired) electrons. The molecule has 3 aliphatic rings. The van der Waals surface area contributed by atoms with Gasteiger partial charge in [0.1, 0.15) is 0 Å². The molecule has 1 aromatic rings. The molecule has 0 saturated carbocycles. The first-order valence-corrected chi connectivity index (χ1v) is 9.82. The number of hydrogen-bond donors (Lipinski definition) is 1. The van der Waals surface area contributed by atoms with Crippen LogP contribution in [0.4, 0.5) is 5.69 Å². The van der Waals surface area contributed by atoms with Crippen molar-refractivity contribution in [3.8, 4) is 0 Å². The maximum absolute atomic E-state index is 12.7. The van der Waals surface area contributed by atoms with Gasteiger partial charge in [-0.25, -0.2) is 4.99 Å². The topological polar surface area (TPSA) is 78.8 Å². The van der Waals surface area contributed by atoms with Gasteiger partial charge in [0, 0.05) is 36.3 Å². The number of carbonyl (C=O) groups is 3. The van der Waals surface area contributed by atoms with Crippen LogP contribution in [0, 0.1) is 17.8 Å². The molecule has 2 aliphatic heterocycles. The van der Waals surface area contributed by atoms with Crippen LogP contribution in [-0.2, 0) is 14.4 Å². The van der Waals surface area contributed by atoms with Crippen molar-refractivity contribution < 1.29 is 14.4 Å². The molecule has 2 unspecified atom stereocenters. The maximum atomic E-state index is 12.7. The van der Waals surface area contributed by atoms with Crippen molar-refractivity contribution in [1.29, 1.82) is 0 Å². The lowest BCUT2D eigenvalue weighted by Gasteiger charge is -2.29. The molecule has 1 aromatic carbocycles. The Labute approximate surface area is 169 Å². The highest BCUT2D eigenvalue weighted by Crippen LogP contribution is 2.32. The average Bonchev–Trinajstić information content (AvgIpc) is 3.09. The molecular formula is C23H23N3O3. The van der Waals surface area contributed by atoms with E-state index in [0.717, 1.165) is 17.0 Å². The molecule has 0 aromatic heterocycles. The first-order chi connectivity index (χ1) is 13.9. The fraction of sp³-hybridized carbons (Fsp3) is 0.304. The Hall–Kier alpha value is -3.28. The van der Waals surface area contributed by atoms with Gasteiger partial charge < -0.3 is 10.2 Å². The Kier molecular flexibility index (Phi) is 5.01. The van der Waals surface area contributed by atoms with Gasteiger partial charge in [0.2, 0.25) is 11.8 Å². The van der Waals surface area contributed by atoms with Crippen molar-refractivity contribution in [2.75, 3.05) is 11.4 Å². The zero-order valence-corrected chi connectivity index (χ0v) is 16.5. The summed E-state index contributed by atoms with van der Waals surface area (Å²) in [4.78, 5) is 42.9. The van der Waals surface area contributed by atoms with Gasteiger partial charge in [-0.3, -0.25) is 14.4 Å². The first kappa shape index (κ1) is 19.1. The molecule has 0 bridgehead atoms. The van der Waals surface area contributed by atoms with E-state index in [0.29, 0.717) is 12.3 Å². The second-order valence-corrected chi connectivity index (χ2v) is 7.84. The van der Waals surface area contributed by atoms with Crippen LogP contribution in [0.15, 0.2) is 70.9 Å². The number of amides is 3. The van der Waals surface area contributed by atoms with Crippen LogP contribution in [-0.4, -0.2) is 30.0 Å². The standard InChI is InChI=1S/C23H23N3O3/c1-14(2)19-12-21(27)25-20-11-16(8-9-18(19)20)24-23(29)15-10-22(28)26(13-15)17-6-4-3-5-7-17/h3-9,11-12,14-15,18H,10,13H2,1-2H3,(H,25,27). The minimum atomic E-state index is -0.466. The molecule has 6 nitrogen and oxygen atoms in total. The van der Waals surface area contributed by atoms with E-state index in [4.69, 9.17) is 0 Å². The fourth-order valence-electron chi connectivity index (χ4n) is 3.96. The molecule has 1 N–H and O–H groups in total. The third kappa shape index (κ3) is 3.83. The molecule has 6 heteroatoms. The largest absolute Gasteiger partial charge is 0.325 e. The molecule has 0 spiro atoms. The third-order valence-electron chi connectivity index (χ3n) is 5.47. The number of anilines is 1. The summed E-state index contributed by atoms with van der Waals surface area (Å²) in [5, 5.41) is 2.85. The van der Waals surface area contributed by atoms with Crippen LogP contribution >= 0.6 is 0 Å². The second kappa shape index (κ2) is 7.62. The quantitative estimate of drug-likeness (QED) is 0.863. The number of aliphatic imine (C=N–C) groups is 1. The number of rotatable bonds is 3. The monoisotopic (exact) mass is 389 g/mol. The highest BCUT2D eigenvalue weighted by atomic mass is 16.2. The third-order valence-corrected chi connectivity index (χ3v) is 5.47. The van der Waals surface area contributed by atoms with Crippen molar-refractivity contribution in [2.45, 2.75) is 20.3 Å². The molecule has 2 heterocycles. The average molecular weight is 389 g/mol. The fourth-order valence-corrected chi connectivity index (χ4v) is 3.96. The number of fused-ring (bicyclic) bond motifs is 1. The molecule has 3 amide bonds. The summed E-state index contributed by atoms with van der Waals surface area (Å²) in [6.45, 7) is 4.44. The van der Waals surface area contributed by atoms with Crippen LogP contribution in [0.25, 0.3) is 0 Å². The smallest absolute Gasteiger partial charge is 0.251 e. The van der Waals surface area contributed by atoms with Crippen LogP contribution in [0.1, 0.15) is 20.3 Å². The Morgan fingerprint density at radius 3 is 2.66 bits per heavy atom. The van der Waals surface area contributed by atoms with E-state index < -0.39 is 5.92 Å². The summed E-state index contributed by atoms with van der Waals surface area (Å²) in [7, 11) is 0. The molecule has 1 fully saturated rings. The molecule has 4 rings (SSSR count). The van der Waals surface area contributed by atoms with Gasteiger partial charge in [0.25, 0.3) is 5.91 Å². The first-order valence-electron chi connectivity index (χ1n) is 9.82. The highest BCUT2D eigenvalue weighted by molar-refractivity contribution is 6.12. The van der Waals surface area contributed by atoms with Crippen molar-refractivity contribution in [1.82, 2.24) is 5.32 Å². The molecule has 1 aliphatic carbocycles. The minimum absolute atomic E-state index is 0.00313. The van der Waals surface area contributed by atoms with E-state index in [1.807, 2.05) is 42.5 Å². The maximum Gasteiger partial charge on any atom is 0.251 e. The van der Waals surface area contributed by atoms with Crippen LogP contribution < -0.4 is 10.2 Å². The summed E-state index contributed by atoms with van der Waals surface area (Å²) in [5.74, 6) is -0.757. The molecule has 1 saturated heterocycles. The lowest BCUT2D eigenvalue weighted by atomic mass is 9.82. The van der Waals surface area contributed by atoms with E-state index >= 15 is 0 Å². The SMILES string of the molecule is CC(C)C1=CC(=O)NC2=CC(=NC(=O)C3CC(=O)N(c4ccccc4)C3)C=CC21. The summed E-state index contributed by atoms with van der Waals surface area (Å²) in [6, 6.07) is 9.34. The van der Waals surface area contributed by atoms with Crippen molar-refractivity contribution in [3.63, 3.8) is 0 Å². The van der Waals surface area contributed by atoms with Crippen molar-refractivity contribution in [3.05, 3.63) is 65.9 Å². The van der Waals surface area contributed by atoms with Gasteiger partial charge in [0.15, 0.2) is 0 Å². The number of para-hydroxylation sites is 1. The van der Waals surface area contributed by atoms with Gasteiger partial charge in [-0.05, 0) is 35.8 Å². The van der Waals surface area contributed by atoms with Gasteiger partial charge >= 0.3 is 0 Å². The molecule has 148 valence electrons. The number of nitrogens with one attached hydrogen (secondary N) is 1. The minimum Gasteiger partial charge on any atom is -0.325 e. The number of carbonyl (C=O) groups excluding carboxylic acids is 3. The van der Waals surface area contributed by atoms with Gasteiger partial charge in [0.05, 0.1) is 11.6 Å². The van der Waals surface area contributed by atoms with Crippen LogP contribution in [0.3, 0.4) is 0 Å². The predicted octanol–water partition coefficient (Wildman–Crippen LogP) is 2.79. The number of hydrogen-bond acceptors (Lipinski definition) is 3. The normalized spacial score (nSPS) is 25.1. The van der Waals surface area contributed by atoms with Crippen LogP contribution in [0.5, 0.6) is 0 Å². The highest BCUT2D eigenvalue weighted by Gasteiger charge is 2.35. The van der Waals surface area contributed by atoms with E-state index in [-0.39, 0.29) is 36.0 Å². The number of allylic oxidation sites excluding steroid dienone is 3. The van der Waals surface area contributed by atoms with Crippen LogP contribution in [0.2, 0.25) is 0 Å². The zero-order chi connectivity index (χ0) is 20.5. The summed E-state index contributed by atoms with van der Waals surface area (Å²) >= 11 is 0. The van der Waals surface area contributed by atoms with E-state index in [1.165, 1.54) is 0 Å². The predicted molar refractivity (Wildman–Crippen MR) is 111 cm³/mol. The Bertz CT molecular complexity index is 986. The van der Waals surface area contributed by atoms with E-state index in [9.17, 15) is 14.4 Å². The zero-order valence-electron chi connectivity index (χ0n) is 16.5. The molecular weight excluding hydrogens is 366 g/mol. The van der Waals surface area contributed by atoms with Gasteiger partial charge in [-0.1, -0.05) is 38.1 Å². The van der Waals surface area contributed by atoms with E-state index in [2.05, 4.69) is 24.2 Å². The number of nitrogens with zero attached hydrogens (tertiary/aromatic N) is 2. The summed E-state index contributed by atoms with van der Waals surface area (Å²) < 4.78 is 0. The van der Waals surface area contributed by atoms with Crippen molar-refractivity contribution >= 4 is 29.1 Å². The molecule has 2 atom stereocenters. The summed E-state index contributed by atoms with van der Waals surface area (Å²) in [5.41, 5.74) is 3.07. The Balaban J connectivity index is 1.50. The summed E-state index contributed by atoms with van der Waals surface area (Å²) in [6.07, 6.45) is 7.33. The molecule has 29 heavy (non-hydrogen) atoms. The lowest BCUT2D eigenvalue weighted by molar-refractivity contribution is -0.123. The number of benzene rings is 1. The van der Waals surface area contributed by atoms with Gasteiger partial charge in [-0.15, -0.1) is 0 Å².